The summed E-state index contributed by atoms with van der Waals surface area (Å²) in [6.07, 6.45) is 18.3. The molecule has 0 aromatic heterocycles. The second-order valence-corrected chi connectivity index (χ2v) is 5.47. The van der Waals surface area contributed by atoms with Crippen LogP contribution in [0.4, 0.5) is 0 Å². The maximum atomic E-state index is 10.3. The van der Waals surface area contributed by atoms with Gasteiger partial charge in [-0.05, 0) is 32.1 Å². The van der Waals surface area contributed by atoms with Gasteiger partial charge in [0.1, 0.15) is 0 Å². The highest BCUT2D eigenvalue weighted by molar-refractivity contribution is 5.66. The van der Waals surface area contributed by atoms with Gasteiger partial charge in [0.15, 0.2) is 0 Å². The molecule has 0 radical (unpaired) electrons. The van der Waals surface area contributed by atoms with Gasteiger partial charge in [0.05, 0.1) is 13.2 Å². The molecular formula is C18H36O4. The highest BCUT2D eigenvalue weighted by atomic mass is 16.4. The van der Waals surface area contributed by atoms with E-state index in [1.54, 1.807) is 0 Å². The van der Waals surface area contributed by atoms with Gasteiger partial charge in [0.25, 0.3) is 0 Å². The van der Waals surface area contributed by atoms with Crippen molar-refractivity contribution in [3.8, 4) is 0 Å². The Labute approximate surface area is 136 Å². The van der Waals surface area contributed by atoms with Crippen molar-refractivity contribution in [1.29, 1.82) is 0 Å². The highest BCUT2D eigenvalue weighted by Gasteiger charge is 1.95. The lowest BCUT2D eigenvalue weighted by Crippen LogP contribution is -1.93. The number of carboxylic acid groups (broad SMARTS) is 1. The van der Waals surface area contributed by atoms with E-state index in [0.29, 0.717) is 6.42 Å². The topological polar surface area (TPSA) is 77.8 Å². The van der Waals surface area contributed by atoms with Crippen molar-refractivity contribution in [2.24, 2.45) is 0 Å². The second kappa shape index (κ2) is 22.4. The minimum atomic E-state index is -0.666. The summed E-state index contributed by atoms with van der Waals surface area (Å²) in [6.45, 7) is 1.99. The van der Waals surface area contributed by atoms with E-state index in [9.17, 15) is 4.79 Å². The van der Waals surface area contributed by atoms with E-state index in [1.165, 1.54) is 57.8 Å². The zero-order valence-corrected chi connectivity index (χ0v) is 14.3. The SMILES string of the molecule is CCCCCC/C=C\CCCCCCCC(=O)O.OCCO. The van der Waals surface area contributed by atoms with E-state index in [0.717, 1.165) is 12.8 Å². The maximum absolute atomic E-state index is 10.3. The van der Waals surface area contributed by atoms with Crippen LogP contribution in [-0.2, 0) is 4.79 Å². The molecule has 0 aromatic rings. The number of allylic oxidation sites excluding steroid dienone is 2. The van der Waals surface area contributed by atoms with E-state index in [2.05, 4.69) is 19.1 Å². The first-order valence-corrected chi connectivity index (χ1v) is 8.77. The molecular weight excluding hydrogens is 280 g/mol. The summed E-state index contributed by atoms with van der Waals surface area (Å²) < 4.78 is 0. The first kappa shape index (κ1) is 23.4. The Balaban J connectivity index is 0. The normalized spacial score (nSPS) is 10.5. The minimum Gasteiger partial charge on any atom is -0.481 e. The zero-order valence-electron chi connectivity index (χ0n) is 14.3. The van der Waals surface area contributed by atoms with Crippen LogP contribution in [0.3, 0.4) is 0 Å². The van der Waals surface area contributed by atoms with Gasteiger partial charge in [0.2, 0.25) is 0 Å². The number of hydrogen-bond acceptors (Lipinski definition) is 3. The molecule has 0 atom stereocenters. The summed E-state index contributed by atoms with van der Waals surface area (Å²) in [5.74, 6) is -0.666. The summed E-state index contributed by atoms with van der Waals surface area (Å²) in [5, 5.41) is 23.7. The molecule has 3 N–H and O–H groups in total. The molecule has 0 aromatic carbocycles. The number of aliphatic carboxylic acids is 1. The molecule has 0 amide bonds. The lowest BCUT2D eigenvalue weighted by atomic mass is 10.1. The molecule has 0 saturated heterocycles. The quantitative estimate of drug-likeness (QED) is 0.330. The predicted octanol–water partition coefficient (Wildman–Crippen LogP) is 4.30. The van der Waals surface area contributed by atoms with Gasteiger partial charge in [0, 0.05) is 6.42 Å². The van der Waals surface area contributed by atoms with E-state index >= 15 is 0 Å². The fourth-order valence-corrected chi connectivity index (χ4v) is 1.99. The Morgan fingerprint density at radius 3 is 1.68 bits per heavy atom. The number of rotatable bonds is 14. The molecule has 4 nitrogen and oxygen atoms in total. The lowest BCUT2D eigenvalue weighted by molar-refractivity contribution is -0.137. The molecule has 0 aliphatic heterocycles. The van der Waals surface area contributed by atoms with Crippen molar-refractivity contribution < 1.29 is 20.1 Å². The minimum absolute atomic E-state index is 0.125. The van der Waals surface area contributed by atoms with Gasteiger partial charge < -0.3 is 15.3 Å². The third kappa shape index (κ3) is 27.5. The van der Waals surface area contributed by atoms with E-state index in [4.69, 9.17) is 15.3 Å². The maximum Gasteiger partial charge on any atom is 0.303 e. The Morgan fingerprint density at radius 2 is 1.23 bits per heavy atom. The number of carboxylic acids is 1. The van der Waals surface area contributed by atoms with Gasteiger partial charge >= 0.3 is 5.97 Å². The molecule has 0 unspecified atom stereocenters. The van der Waals surface area contributed by atoms with Crippen LogP contribution in [0, 0.1) is 0 Å². The second-order valence-electron chi connectivity index (χ2n) is 5.47. The molecule has 0 aliphatic carbocycles. The predicted molar refractivity (Wildman–Crippen MR) is 92.0 cm³/mol. The Morgan fingerprint density at radius 1 is 0.773 bits per heavy atom. The first-order valence-electron chi connectivity index (χ1n) is 8.77. The van der Waals surface area contributed by atoms with Gasteiger partial charge in [-0.25, -0.2) is 0 Å². The Bertz CT molecular complexity index is 237. The largest absolute Gasteiger partial charge is 0.481 e. The summed E-state index contributed by atoms with van der Waals surface area (Å²) in [6, 6.07) is 0. The molecule has 0 saturated carbocycles. The van der Waals surface area contributed by atoms with E-state index in [-0.39, 0.29) is 13.2 Å². The summed E-state index contributed by atoms with van der Waals surface area (Å²) >= 11 is 0. The number of carbonyl (C=O) groups is 1. The average Bonchev–Trinajstić information content (AvgIpc) is 2.52. The lowest BCUT2D eigenvalue weighted by Gasteiger charge is -1.98. The standard InChI is InChI=1S/C16H30O2.C2H6O2/c1-2-3-4-5-6-7-8-9-10-11-12-13-14-15-16(17)18;3-1-2-4/h7-8H,2-6,9-15H2,1H3,(H,17,18);3-4H,1-2H2/b8-7-;. The van der Waals surface area contributed by atoms with Gasteiger partial charge in [-0.2, -0.15) is 0 Å². The fraction of sp³-hybridized carbons (Fsp3) is 0.833. The molecule has 0 aliphatic rings. The number of hydrogen-bond donors (Lipinski definition) is 3. The first-order chi connectivity index (χ1) is 10.7. The van der Waals surface area contributed by atoms with Gasteiger partial charge in [-0.3, -0.25) is 4.79 Å². The molecule has 0 bridgehead atoms. The molecule has 0 rings (SSSR count). The molecule has 0 heterocycles. The molecule has 132 valence electrons. The van der Waals surface area contributed by atoms with Crippen LogP contribution >= 0.6 is 0 Å². The fourth-order valence-electron chi connectivity index (χ4n) is 1.99. The van der Waals surface area contributed by atoms with Crippen LogP contribution in [-0.4, -0.2) is 34.5 Å². The van der Waals surface area contributed by atoms with Crippen LogP contribution < -0.4 is 0 Å². The monoisotopic (exact) mass is 316 g/mol. The number of aliphatic hydroxyl groups excluding tert-OH is 2. The Hall–Kier alpha value is -0.870. The van der Waals surface area contributed by atoms with Crippen molar-refractivity contribution in [2.45, 2.75) is 84.0 Å². The van der Waals surface area contributed by atoms with Crippen molar-refractivity contribution in [1.82, 2.24) is 0 Å². The summed E-state index contributed by atoms with van der Waals surface area (Å²) in [7, 11) is 0. The molecule has 22 heavy (non-hydrogen) atoms. The molecule has 4 heteroatoms. The van der Waals surface area contributed by atoms with E-state index < -0.39 is 5.97 Å². The van der Waals surface area contributed by atoms with Crippen molar-refractivity contribution in [3.05, 3.63) is 12.2 Å². The molecule has 0 spiro atoms. The van der Waals surface area contributed by atoms with Crippen LogP contribution in [0.2, 0.25) is 0 Å². The van der Waals surface area contributed by atoms with Crippen molar-refractivity contribution in [3.63, 3.8) is 0 Å². The van der Waals surface area contributed by atoms with E-state index in [1.807, 2.05) is 0 Å². The number of unbranched alkanes of at least 4 members (excludes halogenated alkanes) is 9. The van der Waals surface area contributed by atoms with Gasteiger partial charge in [-0.1, -0.05) is 57.6 Å². The summed E-state index contributed by atoms with van der Waals surface area (Å²) in [4.78, 5) is 10.3. The summed E-state index contributed by atoms with van der Waals surface area (Å²) in [5.41, 5.74) is 0. The van der Waals surface area contributed by atoms with Crippen molar-refractivity contribution >= 4 is 5.97 Å². The Kier molecular flexibility index (Phi) is 23.8. The zero-order chi connectivity index (χ0) is 16.9. The van der Waals surface area contributed by atoms with Crippen LogP contribution in [0.15, 0.2) is 12.2 Å². The third-order valence-corrected chi connectivity index (χ3v) is 3.25. The van der Waals surface area contributed by atoms with Crippen LogP contribution in [0.1, 0.15) is 84.0 Å². The van der Waals surface area contributed by atoms with Crippen molar-refractivity contribution in [2.75, 3.05) is 13.2 Å². The number of aliphatic hydroxyl groups is 2. The van der Waals surface area contributed by atoms with Crippen LogP contribution in [0.25, 0.3) is 0 Å². The average molecular weight is 316 g/mol. The van der Waals surface area contributed by atoms with Crippen LogP contribution in [0.5, 0.6) is 0 Å². The highest BCUT2D eigenvalue weighted by Crippen LogP contribution is 2.08. The molecule has 0 fully saturated rings. The smallest absolute Gasteiger partial charge is 0.303 e. The third-order valence-electron chi connectivity index (χ3n) is 3.25. The van der Waals surface area contributed by atoms with Gasteiger partial charge in [-0.15, -0.1) is 0 Å².